The van der Waals surface area contributed by atoms with Gasteiger partial charge in [-0.3, -0.25) is 0 Å². The summed E-state index contributed by atoms with van der Waals surface area (Å²) in [4.78, 5) is 0. The molecule has 3 rings (SSSR count). The first-order chi connectivity index (χ1) is 9.25. The minimum absolute atomic E-state index is 0.362. The van der Waals surface area contributed by atoms with Crippen molar-refractivity contribution in [1.29, 1.82) is 0 Å². The molecule has 0 atom stereocenters. The number of fused-ring (bicyclic) bond motifs is 1. The fourth-order valence-corrected chi connectivity index (χ4v) is 2.05. The van der Waals surface area contributed by atoms with Gasteiger partial charge in [-0.15, -0.1) is 0 Å². The Balaban J connectivity index is 1.91. The summed E-state index contributed by atoms with van der Waals surface area (Å²) in [6.45, 7) is 2.32. The van der Waals surface area contributed by atoms with Gasteiger partial charge in [-0.2, -0.15) is 0 Å². The summed E-state index contributed by atoms with van der Waals surface area (Å²) < 4.78 is 11.0. The summed E-state index contributed by atoms with van der Waals surface area (Å²) in [6.07, 6.45) is 0. The quantitative estimate of drug-likeness (QED) is 0.728. The van der Waals surface area contributed by atoms with Crippen LogP contribution in [-0.2, 0) is 6.61 Å². The lowest BCUT2D eigenvalue weighted by Crippen LogP contribution is -1.97. The van der Waals surface area contributed by atoms with Gasteiger partial charge >= 0.3 is 0 Å². The Kier molecular flexibility index (Phi) is 2.83. The van der Waals surface area contributed by atoms with Gasteiger partial charge in [0, 0.05) is 5.69 Å². The minimum atomic E-state index is 0.362. The first kappa shape index (κ1) is 11.6. The molecule has 0 spiro atoms. The molecule has 1 heterocycles. The van der Waals surface area contributed by atoms with Gasteiger partial charge in [0.2, 0.25) is 0 Å². The van der Waals surface area contributed by atoms with E-state index < -0.39 is 0 Å². The van der Waals surface area contributed by atoms with Gasteiger partial charge in [-0.05, 0) is 36.8 Å². The lowest BCUT2D eigenvalue weighted by Gasteiger charge is -2.05. The topological polar surface area (TPSA) is 61.3 Å². The number of ether oxygens (including phenoxy) is 1. The second-order valence-electron chi connectivity index (χ2n) is 4.38. The van der Waals surface area contributed by atoms with Gasteiger partial charge in [0.05, 0.1) is 5.39 Å². The molecular weight excluding hydrogens is 240 g/mol. The van der Waals surface area contributed by atoms with Crippen LogP contribution in [0.2, 0.25) is 0 Å². The zero-order valence-corrected chi connectivity index (χ0v) is 10.6. The van der Waals surface area contributed by atoms with E-state index in [2.05, 4.69) is 5.16 Å². The maximum absolute atomic E-state index is 5.91. The van der Waals surface area contributed by atoms with Crippen LogP contribution in [0.25, 0.3) is 11.0 Å². The number of hydrogen-bond acceptors (Lipinski definition) is 4. The molecule has 0 aliphatic carbocycles. The zero-order chi connectivity index (χ0) is 13.2. The molecule has 3 aromatic rings. The van der Waals surface area contributed by atoms with Crippen molar-refractivity contribution in [3.05, 3.63) is 53.7 Å². The van der Waals surface area contributed by atoms with E-state index in [0.29, 0.717) is 6.61 Å². The molecule has 2 N–H and O–H groups in total. The van der Waals surface area contributed by atoms with Crippen molar-refractivity contribution in [3.8, 4) is 5.75 Å². The van der Waals surface area contributed by atoms with Crippen molar-refractivity contribution in [2.75, 3.05) is 5.73 Å². The van der Waals surface area contributed by atoms with E-state index in [0.717, 1.165) is 33.7 Å². The highest BCUT2D eigenvalue weighted by Crippen LogP contribution is 2.27. The molecule has 19 heavy (non-hydrogen) atoms. The molecule has 0 saturated carbocycles. The molecule has 0 aliphatic heterocycles. The van der Waals surface area contributed by atoms with Gasteiger partial charge in [-0.25, -0.2) is 0 Å². The predicted molar refractivity (Wildman–Crippen MR) is 73.9 cm³/mol. The molecule has 0 saturated heterocycles. The number of nitrogens with two attached hydrogens (primary N) is 1. The maximum Gasteiger partial charge on any atom is 0.167 e. The molecule has 1 aromatic heterocycles. The number of nitrogens with zero attached hydrogens (tertiary/aromatic N) is 1. The fourth-order valence-electron chi connectivity index (χ4n) is 2.05. The van der Waals surface area contributed by atoms with E-state index >= 15 is 0 Å². The van der Waals surface area contributed by atoms with Crippen molar-refractivity contribution >= 4 is 16.7 Å². The molecule has 0 amide bonds. The van der Waals surface area contributed by atoms with Crippen LogP contribution < -0.4 is 10.5 Å². The Bertz CT molecular complexity index is 705. The van der Waals surface area contributed by atoms with Crippen LogP contribution in [0.3, 0.4) is 0 Å². The Morgan fingerprint density at radius 3 is 2.74 bits per heavy atom. The van der Waals surface area contributed by atoms with Crippen LogP contribution in [0.4, 0.5) is 5.69 Å². The number of nitrogen functional groups attached to an aromatic ring is 1. The zero-order valence-electron chi connectivity index (χ0n) is 10.6. The highest BCUT2D eigenvalue weighted by atomic mass is 16.5. The van der Waals surface area contributed by atoms with Gasteiger partial charge < -0.3 is 15.0 Å². The van der Waals surface area contributed by atoms with Gasteiger partial charge in [-0.1, -0.05) is 23.4 Å². The van der Waals surface area contributed by atoms with E-state index in [1.54, 1.807) is 0 Å². The second-order valence-corrected chi connectivity index (χ2v) is 4.38. The summed E-state index contributed by atoms with van der Waals surface area (Å²) in [6, 6.07) is 13.3. The normalized spacial score (nSPS) is 10.8. The van der Waals surface area contributed by atoms with Crippen LogP contribution in [0.5, 0.6) is 5.75 Å². The molecule has 96 valence electrons. The van der Waals surface area contributed by atoms with Crippen molar-refractivity contribution in [1.82, 2.24) is 5.16 Å². The first-order valence-electron chi connectivity index (χ1n) is 6.07. The number of rotatable bonds is 3. The fraction of sp³-hybridized carbons (Fsp3) is 0.133. The highest BCUT2D eigenvalue weighted by molar-refractivity contribution is 5.87. The van der Waals surface area contributed by atoms with Crippen molar-refractivity contribution in [2.24, 2.45) is 0 Å². The van der Waals surface area contributed by atoms with E-state index in [9.17, 15) is 0 Å². The Hall–Kier alpha value is -2.49. The molecule has 4 heteroatoms. The standard InChI is InChI=1S/C15H14N2O2/c1-10-12(16)7-8-14-15(10)13(17-19-14)9-18-11-5-3-2-4-6-11/h2-8H,9,16H2,1H3. The van der Waals surface area contributed by atoms with Crippen LogP contribution >= 0.6 is 0 Å². The van der Waals surface area contributed by atoms with Crippen LogP contribution in [0.15, 0.2) is 47.0 Å². The third kappa shape index (κ3) is 2.12. The van der Waals surface area contributed by atoms with Crippen molar-refractivity contribution in [2.45, 2.75) is 13.5 Å². The minimum Gasteiger partial charge on any atom is -0.487 e. The second kappa shape index (κ2) is 4.65. The average molecular weight is 254 g/mol. The Morgan fingerprint density at radius 1 is 1.16 bits per heavy atom. The number of hydrogen-bond donors (Lipinski definition) is 1. The summed E-state index contributed by atoms with van der Waals surface area (Å²) in [7, 11) is 0. The van der Waals surface area contributed by atoms with Crippen LogP contribution in [0, 0.1) is 6.92 Å². The summed E-state index contributed by atoms with van der Waals surface area (Å²) in [5.74, 6) is 0.806. The summed E-state index contributed by atoms with van der Waals surface area (Å²) >= 11 is 0. The van der Waals surface area contributed by atoms with Crippen LogP contribution in [0.1, 0.15) is 11.3 Å². The number of anilines is 1. The molecule has 0 aliphatic rings. The molecule has 4 nitrogen and oxygen atoms in total. The Labute approximate surface area is 110 Å². The average Bonchev–Trinajstić information content (AvgIpc) is 2.86. The largest absolute Gasteiger partial charge is 0.487 e. The molecule has 0 unspecified atom stereocenters. The molecule has 2 aromatic carbocycles. The third-order valence-electron chi connectivity index (χ3n) is 3.13. The van der Waals surface area contributed by atoms with Gasteiger partial charge in [0.15, 0.2) is 5.58 Å². The summed E-state index contributed by atoms with van der Waals surface area (Å²) in [5, 5.41) is 5.00. The highest BCUT2D eigenvalue weighted by Gasteiger charge is 2.12. The van der Waals surface area contributed by atoms with E-state index in [1.807, 2.05) is 49.4 Å². The van der Waals surface area contributed by atoms with Crippen molar-refractivity contribution in [3.63, 3.8) is 0 Å². The van der Waals surface area contributed by atoms with Crippen molar-refractivity contribution < 1.29 is 9.26 Å². The van der Waals surface area contributed by atoms with E-state index in [4.69, 9.17) is 15.0 Å². The SMILES string of the molecule is Cc1c(N)ccc2onc(COc3ccccc3)c12. The Morgan fingerprint density at radius 2 is 1.95 bits per heavy atom. The van der Waals surface area contributed by atoms with Gasteiger partial charge in [0.25, 0.3) is 0 Å². The predicted octanol–water partition coefficient (Wildman–Crippen LogP) is 3.30. The monoisotopic (exact) mass is 254 g/mol. The summed E-state index contributed by atoms with van der Waals surface area (Å²) in [5.41, 5.74) is 9.12. The molecular formula is C15H14N2O2. The lowest BCUT2D eigenvalue weighted by molar-refractivity contribution is 0.292. The first-order valence-corrected chi connectivity index (χ1v) is 6.07. The third-order valence-corrected chi connectivity index (χ3v) is 3.13. The van der Waals surface area contributed by atoms with Gasteiger partial charge in [0.1, 0.15) is 18.1 Å². The maximum atomic E-state index is 5.91. The number of aromatic nitrogens is 1. The molecule has 0 fully saturated rings. The van der Waals surface area contributed by atoms with E-state index in [-0.39, 0.29) is 0 Å². The van der Waals surface area contributed by atoms with Crippen LogP contribution in [-0.4, -0.2) is 5.16 Å². The van der Waals surface area contributed by atoms with E-state index in [1.165, 1.54) is 0 Å². The molecule has 0 bridgehead atoms. The lowest BCUT2D eigenvalue weighted by atomic mass is 10.1. The number of benzene rings is 2. The smallest absolute Gasteiger partial charge is 0.167 e. The number of aryl methyl sites for hydroxylation is 1. The number of para-hydroxylation sites is 1. The molecule has 0 radical (unpaired) electrons.